The fourth-order valence-electron chi connectivity index (χ4n) is 3.27. The normalized spacial score (nSPS) is 11.9. The van der Waals surface area contributed by atoms with Gasteiger partial charge in [-0.15, -0.1) is 0 Å². The van der Waals surface area contributed by atoms with E-state index >= 15 is 0 Å². The Morgan fingerprint density at radius 2 is 1.10 bits per heavy atom. The molecule has 0 aromatic heterocycles. The smallest absolute Gasteiger partial charge is 0.196 e. The molecule has 0 saturated carbocycles. The van der Waals surface area contributed by atoms with Gasteiger partial charge in [-0.1, -0.05) is 24.3 Å². The summed E-state index contributed by atoms with van der Waals surface area (Å²) in [7, 11) is 0. The molecule has 0 fully saturated rings. The molecule has 0 heterocycles. The third-order valence-corrected chi connectivity index (χ3v) is 4.52. The van der Waals surface area contributed by atoms with Crippen LogP contribution < -0.4 is 33.6 Å². The van der Waals surface area contributed by atoms with Gasteiger partial charge in [0.05, 0.1) is 24.2 Å². The molecule has 10 heteroatoms. The number of nitrogens with one attached hydrogen (secondary N) is 2. The van der Waals surface area contributed by atoms with E-state index in [9.17, 15) is 9.59 Å². The number of nitrogens with zero attached hydrogens (tertiary/aromatic N) is 2. The van der Waals surface area contributed by atoms with Crippen LogP contribution in [0.15, 0.2) is 46.4 Å². The van der Waals surface area contributed by atoms with Crippen molar-refractivity contribution in [2.24, 2.45) is 32.9 Å². The Bertz CT molecular complexity index is 955. The summed E-state index contributed by atoms with van der Waals surface area (Å²) in [5.41, 5.74) is 23.8. The number of anilines is 2. The quantitative estimate of drug-likeness (QED) is 0.168. The number of rotatable bonds is 8. The lowest BCUT2D eigenvalue weighted by Gasteiger charge is -2.23. The number of nitrogens with two attached hydrogens (primary N) is 4. The minimum atomic E-state index is -0.225. The van der Waals surface area contributed by atoms with E-state index in [-0.39, 0.29) is 23.5 Å². The standard InChI is InChI=1S/C20H24N8O2/c21-19(22)27-9-7-25-13-5-6-14(26-8-10-28-20(23)24)16-15(13)17(29)11-3-1-2-4-12(11)18(16)30/h1-6,25-26H,7-10H2,(H4,21,22,27)(H4,23,24,28). The first-order chi connectivity index (χ1) is 14.4. The lowest BCUT2D eigenvalue weighted by Crippen LogP contribution is -2.26. The van der Waals surface area contributed by atoms with Gasteiger partial charge in [0.25, 0.3) is 0 Å². The van der Waals surface area contributed by atoms with E-state index in [0.29, 0.717) is 59.8 Å². The molecule has 10 nitrogen and oxygen atoms in total. The van der Waals surface area contributed by atoms with Crippen molar-refractivity contribution in [3.8, 4) is 0 Å². The van der Waals surface area contributed by atoms with Gasteiger partial charge in [0.2, 0.25) is 0 Å². The van der Waals surface area contributed by atoms with Crippen LogP contribution in [0.4, 0.5) is 11.4 Å². The molecule has 10 N–H and O–H groups in total. The van der Waals surface area contributed by atoms with Crippen LogP contribution in [0.2, 0.25) is 0 Å². The Kier molecular flexibility index (Phi) is 6.16. The van der Waals surface area contributed by atoms with Gasteiger partial charge >= 0.3 is 0 Å². The van der Waals surface area contributed by atoms with E-state index in [4.69, 9.17) is 22.9 Å². The van der Waals surface area contributed by atoms with Crippen molar-refractivity contribution in [2.45, 2.75) is 0 Å². The molecule has 0 amide bonds. The second-order valence-corrected chi connectivity index (χ2v) is 6.58. The highest BCUT2D eigenvalue weighted by Crippen LogP contribution is 2.36. The van der Waals surface area contributed by atoms with Gasteiger partial charge in [-0.3, -0.25) is 19.6 Å². The molecule has 0 atom stereocenters. The summed E-state index contributed by atoms with van der Waals surface area (Å²) in [4.78, 5) is 34.3. The number of ketones is 2. The van der Waals surface area contributed by atoms with E-state index in [0.717, 1.165) is 0 Å². The molecule has 0 aliphatic heterocycles. The zero-order valence-corrected chi connectivity index (χ0v) is 16.3. The minimum Gasteiger partial charge on any atom is -0.383 e. The van der Waals surface area contributed by atoms with Gasteiger partial charge in [-0.05, 0) is 12.1 Å². The highest BCUT2D eigenvalue weighted by Gasteiger charge is 2.33. The average Bonchev–Trinajstić information content (AvgIpc) is 2.72. The van der Waals surface area contributed by atoms with Crippen LogP contribution in [0.1, 0.15) is 31.8 Å². The summed E-state index contributed by atoms with van der Waals surface area (Å²) < 4.78 is 0. The molecular formula is C20H24N8O2. The lowest BCUT2D eigenvalue weighted by atomic mass is 9.82. The highest BCUT2D eigenvalue weighted by atomic mass is 16.1. The SMILES string of the molecule is NC(N)=NCCNc1ccc(NCCN=C(N)N)c2c1C(=O)c1ccccc1C2=O. The molecule has 0 unspecified atom stereocenters. The number of carbonyl (C=O) groups is 2. The predicted molar refractivity (Wildman–Crippen MR) is 118 cm³/mol. The number of benzene rings is 2. The molecule has 3 rings (SSSR count). The van der Waals surface area contributed by atoms with Crippen molar-refractivity contribution in [2.75, 3.05) is 36.8 Å². The van der Waals surface area contributed by atoms with E-state index in [1.54, 1.807) is 36.4 Å². The molecule has 2 aromatic rings. The topological polar surface area (TPSA) is 187 Å². The van der Waals surface area contributed by atoms with Crippen molar-refractivity contribution in [3.05, 3.63) is 58.7 Å². The Labute approximate surface area is 173 Å². The summed E-state index contributed by atoms with van der Waals surface area (Å²) in [5.74, 6) is -0.478. The van der Waals surface area contributed by atoms with Crippen LogP contribution in [0.3, 0.4) is 0 Å². The maximum atomic E-state index is 13.2. The first-order valence-electron chi connectivity index (χ1n) is 9.34. The van der Waals surface area contributed by atoms with E-state index in [1.807, 2.05) is 0 Å². The minimum absolute atomic E-state index is 0.0145. The molecule has 0 saturated heterocycles. The fraction of sp³-hybridized carbons (Fsp3) is 0.200. The van der Waals surface area contributed by atoms with Crippen LogP contribution in [-0.4, -0.2) is 49.7 Å². The van der Waals surface area contributed by atoms with Gasteiger partial charge in [0, 0.05) is 35.6 Å². The number of hydrogen-bond acceptors (Lipinski definition) is 6. The first-order valence-corrected chi connectivity index (χ1v) is 9.34. The monoisotopic (exact) mass is 408 g/mol. The summed E-state index contributed by atoms with van der Waals surface area (Å²) in [6.45, 7) is 1.44. The van der Waals surface area contributed by atoms with Crippen LogP contribution >= 0.6 is 0 Å². The van der Waals surface area contributed by atoms with Crippen molar-refractivity contribution in [1.29, 1.82) is 0 Å². The van der Waals surface area contributed by atoms with Crippen LogP contribution in [0, 0.1) is 0 Å². The third-order valence-electron chi connectivity index (χ3n) is 4.52. The number of guanidine groups is 2. The largest absolute Gasteiger partial charge is 0.383 e. The fourth-order valence-corrected chi connectivity index (χ4v) is 3.27. The average molecular weight is 408 g/mol. The van der Waals surface area contributed by atoms with Crippen molar-refractivity contribution in [1.82, 2.24) is 0 Å². The van der Waals surface area contributed by atoms with E-state index in [1.165, 1.54) is 0 Å². The molecule has 0 radical (unpaired) electrons. The van der Waals surface area contributed by atoms with Crippen molar-refractivity contribution < 1.29 is 9.59 Å². The second kappa shape index (κ2) is 8.95. The summed E-state index contributed by atoms with van der Waals surface area (Å²) in [6, 6.07) is 10.3. The number of carbonyl (C=O) groups excluding carboxylic acids is 2. The number of fused-ring (bicyclic) bond motifs is 2. The Morgan fingerprint density at radius 3 is 1.47 bits per heavy atom. The molecular weight excluding hydrogens is 384 g/mol. The zero-order chi connectivity index (χ0) is 21.7. The maximum Gasteiger partial charge on any atom is 0.196 e. The Morgan fingerprint density at radius 1 is 0.700 bits per heavy atom. The van der Waals surface area contributed by atoms with Gasteiger partial charge < -0.3 is 33.6 Å². The predicted octanol–water partition coefficient (Wildman–Crippen LogP) is -0.167. The van der Waals surface area contributed by atoms with Crippen LogP contribution in [0.25, 0.3) is 0 Å². The Balaban J connectivity index is 1.97. The van der Waals surface area contributed by atoms with Gasteiger partial charge in [-0.25, -0.2) is 0 Å². The maximum absolute atomic E-state index is 13.2. The molecule has 2 aromatic carbocycles. The number of hydrogen-bond donors (Lipinski definition) is 6. The molecule has 0 spiro atoms. The summed E-state index contributed by atoms with van der Waals surface area (Å²) in [5, 5.41) is 6.29. The summed E-state index contributed by atoms with van der Waals surface area (Å²) in [6.07, 6.45) is 0. The van der Waals surface area contributed by atoms with Gasteiger partial charge in [0.1, 0.15) is 0 Å². The molecule has 156 valence electrons. The number of aliphatic imine (C=N–C) groups is 2. The first kappa shape index (κ1) is 20.6. The van der Waals surface area contributed by atoms with Crippen molar-refractivity contribution in [3.63, 3.8) is 0 Å². The molecule has 30 heavy (non-hydrogen) atoms. The zero-order valence-electron chi connectivity index (χ0n) is 16.3. The van der Waals surface area contributed by atoms with Gasteiger partial charge in [0.15, 0.2) is 23.5 Å². The third kappa shape index (κ3) is 4.32. The highest BCUT2D eigenvalue weighted by molar-refractivity contribution is 6.31. The molecule has 0 bridgehead atoms. The Hall–Kier alpha value is -4.08. The molecule has 1 aliphatic rings. The molecule has 1 aliphatic carbocycles. The van der Waals surface area contributed by atoms with Crippen LogP contribution in [-0.2, 0) is 0 Å². The van der Waals surface area contributed by atoms with Crippen LogP contribution in [0.5, 0.6) is 0 Å². The second-order valence-electron chi connectivity index (χ2n) is 6.58. The van der Waals surface area contributed by atoms with E-state index in [2.05, 4.69) is 20.6 Å². The lowest BCUT2D eigenvalue weighted by molar-refractivity contribution is 0.0980. The van der Waals surface area contributed by atoms with Gasteiger partial charge in [-0.2, -0.15) is 0 Å². The van der Waals surface area contributed by atoms with E-state index < -0.39 is 0 Å². The summed E-state index contributed by atoms with van der Waals surface area (Å²) >= 11 is 0. The van der Waals surface area contributed by atoms with Crippen molar-refractivity contribution >= 4 is 34.9 Å².